The van der Waals surface area contributed by atoms with Crippen LogP contribution in [0.3, 0.4) is 0 Å². The summed E-state index contributed by atoms with van der Waals surface area (Å²) in [5.74, 6) is 6.38. The maximum Gasteiger partial charge on any atom is 0.0876 e. The summed E-state index contributed by atoms with van der Waals surface area (Å²) in [6, 6.07) is 9.03. The number of rotatable bonds is 3. The van der Waals surface area contributed by atoms with Crippen molar-refractivity contribution in [3.8, 4) is 0 Å². The lowest BCUT2D eigenvalue weighted by Crippen LogP contribution is -2.44. The van der Waals surface area contributed by atoms with E-state index in [0.717, 1.165) is 32.3 Å². The van der Waals surface area contributed by atoms with E-state index >= 15 is 0 Å². The number of hydrazine groups is 1. The fraction of sp³-hybridized carbons (Fsp3) is 0.500. The Morgan fingerprint density at radius 3 is 2.79 bits per heavy atom. The third kappa shape index (κ3) is 2.67. The van der Waals surface area contributed by atoms with Gasteiger partial charge in [-0.2, -0.15) is 0 Å². The van der Waals surface area contributed by atoms with Gasteiger partial charge in [0, 0.05) is 6.04 Å². The summed E-state index contributed by atoms with van der Waals surface area (Å²) < 4.78 is 5.47. The second-order valence-corrected chi connectivity index (χ2v) is 5.58. The lowest BCUT2D eigenvalue weighted by Gasteiger charge is -2.33. The fourth-order valence-electron chi connectivity index (χ4n) is 3.37. The van der Waals surface area contributed by atoms with Crippen molar-refractivity contribution in [3.63, 3.8) is 0 Å². The number of fused-ring (bicyclic) bond motifs is 1. The monoisotopic (exact) mass is 258 g/mol. The normalized spacial score (nSPS) is 24.1. The van der Waals surface area contributed by atoms with E-state index in [1.165, 1.54) is 23.1 Å². The fourth-order valence-corrected chi connectivity index (χ4v) is 3.37. The molecule has 0 fully saturated rings. The minimum atomic E-state index is 0.258. The molecule has 3 heteroatoms. The van der Waals surface area contributed by atoms with Crippen molar-refractivity contribution in [1.29, 1.82) is 0 Å². The zero-order valence-electron chi connectivity index (χ0n) is 11.3. The predicted molar refractivity (Wildman–Crippen MR) is 76.3 cm³/mol. The second kappa shape index (κ2) is 5.76. The summed E-state index contributed by atoms with van der Waals surface area (Å²) in [6.07, 6.45) is 7.60. The molecule has 0 radical (unpaired) electrons. The van der Waals surface area contributed by atoms with Crippen LogP contribution in [0.25, 0.3) is 0 Å². The van der Waals surface area contributed by atoms with Crippen LogP contribution < -0.4 is 11.3 Å². The highest BCUT2D eigenvalue weighted by atomic mass is 16.5. The van der Waals surface area contributed by atoms with Gasteiger partial charge in [0.2, 0.25) is 0 Å². The maximum atomic E-state index is 5.81. The van der Waals surface area contributed by atoms with Gasteiger partial charge in [0.15, 0.2) is 0 Å². The molecule has 0 bridgehead atoms. The van der Waals surface area contributed by atoms with Crippen molar-refractivity contribution < 1.29 is 4.74 Å². The number of nitrogens with one attached hydrogen (secondary N) is 1. The second-order valence-electron chi connectivity index (χ2n) is 5.58. The van der Waals surface area contributed by atoms with Crippen LogP contribution in [0.15, 0.2) is 36.1 Å². The number of hydrogen-bond donors (Lipinski definition) is 2. The van der Waals surface area contributed by atoms with E-state index in [0.29, 0.717) is 5.92 Å². The molecule has 2 unspecified atom stereocenters. The first-order valence-electron chi connectivity index (χ1n) is 7.22. The summed E-state index contributed by atoms with van der Waals surface area (Å²) in [5.41, 5.74) is 7.34. The molecule has 0 saturated carbocycles. The average Bonchev–Trinajstić information content (AvgIpc) is 2.49. The van der Waals surface area contributed by atoms with Gasteiger partial charge in [0.05, 0.1) is 12.9 Å². The van der Waals surface area contributed by atoms with Gasteiger partial charge < -0.3 is 4.74 Å². The summed E-state index contributed by atoms with van der Waals surface area (Å²) in [6.45, 7) is 0.842. The third-order valence-electron chi connectivity index (χ3n) is 4.40. The Hall–Kier alpha value is -1.32. The Labute approximate surface area is 114 Å². The number of aryl methyl sites for hydroxylation is 1. The number of hydrogen-bond acceptors (Lipinski definition) is 3. The van der Waals surface area contributed by atoms with Crippen molar-refractivity contribution in [2.24, 2.45) is 11.8 Å². The van der Waals surface area contributed by atoms with Gasteiger partial charge in [-0.05, 0) is 54.7 Å². The first-order valence-corrected chi connectivity index (χ1v) is 7.22. The number of ether oxygens (including phenoxy) is 1. The van der Waals surface area contributed by atoms with Crippen LogP contribution in [0.4, 0.5) is 0 Å². The van der Waals surface area contributed by atoms with E-state index in [-0.39, 0.29) is 6.04 Å². The van der Waals surface area contributed by atoms with Gasteiger partial charge in [-0.15, -0.1) is 0 Å². The molecule has 2 aliphatic rings. The molecule has 3 rings (SSSR count). The van der Waals surface area contributed by atoms with Gasteiger partial charge in [-0.1, -0.05) is 24.3 Å². The molecule has 3 N–H and O–H groups in total. The molecule has 0 amide bonds. The molecule has 1 aliphatic heterocycles. The molecule has 0 aromatic heterocycles. The third-order valence-corrected chi connectivity index (χ3v) is 4.40. The van der Waals surface area contributed by atoms with E-state index in [2.05, 4.69) is 29.7 Å². The van der Waals surface area contributed by atoms with Crippen LogP contribution in [0, 0.1) is 5.92 Å². The van der Waals surface area contributed by atoms with Crippen molar-refractivity contribution in [3.05, 3.63) is 47.2 Å². The van der Waals surface area contributed by atoms with Gasteiger partial charge in [-0.25, -0.2) is 0 Å². The largest absolute Gasteiger partial charge is 0.501 e. The molecular formula is C16H22N2O. The van der Waals surface area contributed by atoms with Crippen LogP contribution in [0.1, 0.15) is 30.4 Å². The zero-order chi connectivity index (χ0) is 13.1. The van der Waals surface area contributed by atoms with Gasteiger partial charge in [0.25, 0.3) is 0 Å². The average molecular weight is 258 g/mol. The number of benzene rings is 1. The molecule has 19 heavy (non-hydrogen) atoms. The maximum absolute atomic E-state index is 5.81. The van der Waals surface area contributed by atoms with Crippen LogP contribution in [-0.2, 0) is 17.6 Å². The van der Waals surface area contributed by atoms with E-state index in [1.807, 2.05) is 6.26 Å². The van der Waals surface area contributed by atoms with Crippen LogP contribution >= 0.6 is 0 Å². The summed E-state index contributed by atoms with van der Waals surface area (Å²) in [7, 11) is 0. The lowest BCUT2D eigenvalue weighted by molar-refractivity contribution is 0.211. The molecule has 102 valence electrons. The van der Waals surface area contributed by atoms with Crippen LogP contribution in [0.2, 0.25) is 0 Å². The highest BCUT2D eigenvalue weighted by molar-refractivity contribution is 5.31. The van der Waals surface area contributed by atoms with Crippen molar-refractivity contribution in [2.75, 3.05) is 6.61 Å². The highest BCUT2D eigenvalue weighted by Gasteiger charge is 2.28. The minimum Gasteiger partial charge on any atom is -0.501 e. The molecule has 0 saturated heterocycles. The van der Waals surface area contributed by atoms with Crippen LogP contribution in [0.5, 0.6) is 0 Å². The van der Waals surface area contributed by atoms with Gasteiger partial charge >= 0.3 is 0 Å². The number of nitrogens with two attached hydrogens (primary N) is 1. The van der Waals surface area contributed by atoms with E-state index in [1.54, 1.807) is 0 Å². The molecule has 3 nitrogen and oxygen atoms in total. The first-order chi connectivity index (χ1) is 9.38. The standard InChI is InChI=1S/C16H22N2O/c17-18-16(15-6-3-9-19-11-15)14-8-7-12-4-1-2-5-13(12)10-14/h1-2,4-5,11,14,16,18H,3,6-10,17H2. The first kappa shape index (κ1) is 12.7. The summed E-state index contributed by atoms with van der Waals surface area (Å²) >= 11 is 0. The van der Waals surface area contributed by atoms with E-state index in [9.17, 15) is 0 Å². The predicted octanol–water partition coefficient (Wildman–Crippen LogP) is 2.32. The molecule has 1 heterocycles. The van der Waals surface area contributed by atoms with Crippen molar-refractivity contribution in [2.45, 2.75) is 38.1 Å². The Kier molecular flexibility index (Phi) is 3.85. The smallest absolute Gasteiger partial charge is 0.0876 e. The molecule has 1 aliphatic carbocycles. The Morgan fingerprint density at radius 1 is 1.21 bits per heavy atom. The summed E-state index contributed by atoms with van der Waals surface area (Å²) in [5, 5.41) is 0. The van der Waals surface area contributed by atoms with Crippen molar-refractivity contribution >= 4 is 0 Å². The highest BCUT2D eigenvalue weighted by Crippen LogP contribution is 2.31. The minimum absolute atomic E-state index is 0.258. The van der Waals surface area contributed by atoms with Crippen molar-refractivity contribution in [1.82, 2.24) is 5.43 Å². The van der Waals surface area contributed by atoms with E-state index < -0.39 is 0 Å². The SMILES string of the molecule is NNC(C1=COCCC1)C1CCc2ccccc2C1. The Bertz CT molecular complexity index is 470. The zero-order valence-corrected chi connectivity index (χ0v) is 11.3. The lowest BCUT2D eigenvalue weighted by atomic mass is 9.77. The van der Waals surface area contributed by atoms with Gasteiger partial charge in [-0.3, -0.25) is 11.3 Å². The molecule has 2 atom stereocenters. The van der Waals surface area contributed by atoms with Crippen LogP contribution in [-0.4, -0.2) is 12.6 Å². The molecule has 1 aromatic rings. The quantitative estimate of drug-likeness (QED) is 0.646. The Balaban J connectivity index is 1.77. The topological polar surface area (TPSA) is 47.3 Å². The van der Waals surface area contributed by atoms with Gasteiger partial charge in [0.1, 0.15) is 0 Å². The summed E-state index contributed by atoms with van der Waals surface area (Å²) in [4.78, 5) is 0. The molecular weight excluding hydrogens is 236 g/mol. The molecule has 0 spiro atoms. The van der Waals surface area contributed by atoms with E-state index in [4.69, 9.17) is 10.6 Å². The molecule has 1 aromatic carbocycles. The Morgan fingerprint density at radius 2 is 2.05 bits per heavy atom.